The number of nitrogens with one attached hydrogen (secondary N) is 6. The van der Waals surface area contributed by atoms with Gasteiger partial charge in [-0.25, -0.2) is 0 Å². The van der Waals surface area contributed by atoms with Crippen LogP contribution in [0.15, 0.2) is 0 Å². The van der Waals surface area contributed by atoms with Crippen LogP contribution in [-0.4, -0.2) is 488 Å². The Morgan fingerprint density at radius 3 is 0.737 bits per heavy atom. The van der Waals surface area contributed by atoms with Crippen LogP contribution in [-0.2, 0) is 109 Å². The van der Waals surface area contributed by atoms with E-state index >= 15 is 0 Å². The van der Waals surface area contributed by atoms with E-state index in [-0.39, 0.29) is 0 Å². The summed E-state index contributed by atoms with van der Waals surface area (Å²) >= 11 is 0. The van der Waals surface area contributed by atoms with E-state index in [1.54, 1.807) is 0 Å². The smallest absolute Gasteiger partial charge is 0.217 e. The molecule has 9 saturated heterocycles. The highest BCUT2D eigenvalue weighted by Crippen LogP contribution is 2.40. The lowest BCUT2D eigenvalue weighted by atomic mass is 9.93. The minimum atomic E-state index is -2.52. The van der Waals surface area contributed by atoms with Crippen LogP contribution in [0.3, 0.4) is 0 Å². The van der Waals surface area contributed by atoms with E-state index in [2.05, 4.69) is 31.9 Å². The number of amides is 6. The number of hydrogen-bond donors (Lipinski definition) is 29. The van der Waals surface area contributed by atoms with Gasteiger partial charge in [0.2, 0.25) is 35.4 Å². The highest BCUT2D eigenvalue weighted by atomic mass is 16.8. The normalized spacial score (nSPS) is 46.9. The molecule has 0 aliphatic carbocycles. The van der Waals surface area contributed by atoms with Crippen molar-refractivity contribution >= 4 is 35.4 Å². The molecule has 6 amide bonds. The lowest BCUT2D eigenvalue weighted by molar-refractivity contribution is -0.387. The summed E-state index contributed by atoms with van der Waals surface area (Å²) in [4.78, 5) is 76.3. The number of aliphatic hydroxyl groups excluding tert-OH is 23. The molecule has 9 fully saturated rings. The van der Waals surface area contributed by atoms with E-state index in [1.807, 2.05) is 0 Å². The first-order chi connectivity index (χ1) is 55.8. The van der Waals surface area contributed by atoms with E-state index in [0.29, 0.717) is 0 Å². The molecule has 0 radical (unpaired) electrons. The molecule has 9 aliphatic rings. The Morgan fingerprint density at radius 2 is 0.432 bits per heavy atom. The Labute approximate surface area is 669 Å². The topological polar surface area (TPSA) is 797 Å². The molecule has 29 N–H and O–H groups in total. The minimum Gasteiger partial charge on any atom is -0.394 e. The van der Waals surface area contributed by atoms with Crippen molar-refractivity contribution in [3.05, 3.63) is 0 Å². The van der Waals surface area contributed by atoms with Gasteiger partial charge >= 0.3 is 0 Å². The molecular weight excluding hydrogens is 1610 g/mol. The number of hydrogen-bond acceptors (Lipinski definition) is 46. The van der Waals surface area contributed by atoms with Crippen molar-refractivity contribution in [3.63, 3.8) is 0 Å². The van der Waals surface area contributed by atoms with Crippen LogP contribution in [0.4, 0.5) is 0 Å². The van der Waals surface area contributed by atoms with Gasteiger partial charge in [-0.1, -0.05) is 0 Å². The average Bonchev–Trinajstić information content (AvgIpc) is 1.02. The molecule has 1 unspecified atom stereocenters. The molecule has 9 heterocycles. The monoisotopic (exact) mass is 1720 g/mol. The van der Waals surface area contributed by atoms with E-state index in [4.69, 9.17) is 80.5 Å². The summed E-state index contributed by atoms with van der Waals surface area (Å²) in [6, 6.07) is -10.9. The first-order valence-electron chi connectivity index (χ1n) is 37.6. The minimum absolute atomic E-state index is 0.801. The molecule has 0 spiro atoms. The van der Waals surface area contributed by atoms with Gasteiger partial charge in [-0.05, 0) is 0 Å². The fraction of sp³-hybridized carbons (Fsp3) is 0.909. The second-order valence-corrected chi connectivity index (χ2v) is 29.6. The summed E-state index contributed by atoms with van der Waals surface area (Å²) in [5.74, 6) is -5.31. The van der Waals surface area contributed by atoms with E-state index in [1.165, 1.54) is 0 Å². The standard InChI is InChI=1S/C66H110N6O46/c1-16(81)67-31-43(93)37(87)22(7-73)104-60(31)116-55-40(90)25(10-76)106-64(48(55)98)112-51-27(12-78)108-59(33(45(51)95)69-18(3)83)102-15-30-42(92)57(50(100)66(111-30)114-53-28(13-79)109-62(34(46(53)96)70-19(4)84)115-54-36(72-21(6)86)58(101)103-24(9-75)39(54)89)118-63-35(71-20(5)85)47(97)52(29(14-80)110-63)113-65-49(99)56(41(91)26(11-77)107-65)117-61-32(68-17(2)82)44(94)38(88)23(8-74)105-61/h22-66,73-80,87-101H,7-15H2,1-6H3,(H,67,81)(H,68,82)(H,69,83)(H,70,84)(H,71,85)(H,72,86)/t22-,23-,24-,25-,26-,27-,28-,29-,30-,31-,32-,33-,34-,35-,36-,37+,38+,39+,40+,41+,42+,43-,44-,45-,46-,47-,48-,49-,50-,51-,52-,53-,54-,55+,56+,57+,58?,59-,60-,61-,62+,63+,64+,65+,66+/m1/s1. The molecule has 680 valence electrons. The molecular formula is C66H110N6O46. The van der Waals surface area contributed by atoms with E-state index < -0.39 is 371 Å². The van der Waals surface area contributed by atoms with Crippen molar-refractivity contribution in [2.24, 2.45) is 0 Å². The second-order valence-electron chi connectivity index (χ2n) is 29.6. The van der Waals surface area contributed by atoms with Crippen LogP contribution in [0, 0.1) is 0 Å². The van der Waals surface area contributed by atoms with Gasteiger partial charge in [0.25, 0.3) is 0 Å². The molecule has 45 atom stereocenters. The van der Waals surface area contributed by atoms with Crippen molar-refractivity contribution < 1.29 is 227 Å². The van der Waals surface area contributed by atoms with Crippen molar-refractivity contribution in [1.29, 1.82) is 0 Å². The van der Waals surface area contributed by atoms with Crippen LogP contribution in [0.25, 0.3) is 0 Å². The van der Waals surface area contributed by atoms with E-state index in [9.17, 15) is 146 Å². The maximum Gasteiger partial charge on any atom is 0.217 e. The lowest BCUT2D eigenvalue weighted by Gasteiger charge is -2.51. The molecule has 9 rings (SSSR count). The third kappa shape index (κ3) is 21.9. The van der Waals surface area contributed by atoms with Gasteiger partial charge in [0.05, 0.1) is 59.5 Å². The Morgan fingerprint density at radius 1 is 0.220 bits per heavy atom. The van der Waals surface area contributed by atoms with Gasteiger partial charge in [-0.3, -0.25) is 28.8 Å². The molecule has 52 nitrogen and oxygen atoms in total. The van der Waals surface area contributed by atoms with Crippen LogP contribution < -0.4 is 31.9 Å². The third-order valence-corrected chi connectivity index (χ3v) is 21.2. The zero-order chi connectivity index (χ0) is 87.1. The number of carbonyl (C=O) groups excluding carboxylic acids is 6. The highest BCUT2D eigenvalue weighted by molar-refractivity contribution is 5.75. The predicted molar refractivity (Wildman–Crippen MR) is 367 cm³/mol. The van der Waals surface area contributed by atoms with Gasteiger partial charge in [-0.15, -0.1) is 0 Å². The summed E-state index contributed by atoms with van der Waals surface area (Å²) in [7, 11) is 0. The van der Waals surface area contributed by atoms with Crippen molar-refractivity contribution in [3.8, 4) is 0 Å². The van der Waals surface area contributed by atoms with Gasteiger partial charge in [0.1, 0.15) is 219 Å². The number of carbonyl (C=O) groups is 6. The van der Waals surface area contributed by atoms with Crippen LogP contribution in [0.1, 0.15) is 41.5 Å². The SMILES string of the molecule is CC(=O)N[C@H]1[C@H](OC[C@H]2O[C@@H](O[C@H]3[C@H](O)[C@@H](NC(C)=O)[C@H](O[C@H]4[C@@H](O)[C@@H](CO)OC(O)[C@@H]4NC(C)=O)O[C@@H]3CO)[C@H](O)[C@@H](O[C@@H]3O[C@H](CO)[C@@H](O[C@@H]4O[C@H](CO)[C@H](O)[C@H](O[C@H]5O[C@H](CO)[C@H](O)[C@H](O)[C@H]5NC(C)=O)[C@H]4O)[C@H](O)[C@H]3NC(C)=O)[C@H]2O)O[C@H](CO)[C@@H](O[C@@H]2O[C@H](CO)[C@H](O)[C@H](O[C@H]3O[C@H](CO)[C@H](O)[C@H](O)[C@H]3NC(C)=O)[C@H]2O)[C@@H]1O. The molecule has 0 bridgehead atoms. The van der Waals surface area contributed by atoms with Crippen LogP contribution >= 0.6 is 0 Å². The first kappa shape index (κ1) is 97.0. The second kappa shape index (κ2) is 42.7. The maximum atomic E-state index is 13.2. The highest BCUT2D eigenvalue weighted by Gasteiger charge is 2.61. The average molecular weight is 1720 g/mol. The quantitative estimate of drug-likeness (QED) is 0.0306. The van der Waals surface area contributed by atoms with Crippen molar-refractivity contribution in [1.82, 2.24) is 31.9 Å². The molecule has 0 aromatic carbocycles. The number of ether oxygens (including phenoxy) is 17. The fourth-order valence-electron chi connectivity index (χ4n) is 15.3. The van der Waals surface area contributed by atoms with Crippen LogP contribution in [0.5, 0.6) is 0 Å². The van der Waals surface area contributed by atoms with Crippen molar-refractivity contribution in [2.45, 2.75) is 318 Å². The maximum absolute atomic E-state index is 13.2. The molecule has 52 heteroatoms. The zero-order valence-electron chi connectivity index (χ0n) is 64.0. The largest absolute Gasteiger partial charge is 0.394 e. The Kier molecular flexibility index (Phi) is 35.1. The first-order valence-corrected chi connectivity index (χ1v) is 37.6. The van der Waals surface area contributed by atoms with Gasteiger partial charge in [0.15, 0.2) is 56.6 Å². The van der Waals surface area contributed by atoms with Crippen LogP contribution in [0.2, 0.25) is 0 Å². The predicted octanol–water partition coefficient (Wildman–Crippen LogP) is -19.8. The summed E-state index contributed by atoms with van der Waals surface area (Å²) in [5, 5.41) is 272. The molecule has 0 aromatic rings. The zero-order valence-corrected chi connectivity index (χ0v) is 64.0. The molecule has 0 saturated carbocycles. The number of rotatable bonds is 31. The fourth-order valence-corrected chi connectivity index (χ4v) is 15.3. The number of aliphatic hydroxyl groups is 23. The molecule has 118 heavy (non-hydrogen) atoms. The summed E-state index contributed by atoms with van der Waals surface area (Å²) in [5.41, 5.74) is 0. The Bertz CT molecular complexity index is 3230. The van der Waals surface area contributed by atoms with Gasteiger partial charge in [-0.2, -0.15) is 0 Å². The van der Waals surface area contributed by atoms with Gasteiger partial charge < -0.3 is 230 Å². The Balaban J connectivity index is 1.02. The van der Waals surface area contributed by atoms with E-state index in [0.717, 1.165) is 41.5 Å². The summed E-state index contributed by atoms with van der Waals surface area (Å²) < 4.78 is 101. The summed E-state index contributed by atoms with van der Waals surface area (Å²) in [6.45, 7) is -3.85. The molecule has 0 aromatic heterocycles. The lowest BCUT2D eigenvalue weighted by Crippen LogP contribution is -2.71. The summed E-state index contributed by atoms with van der Waals surface area (Å²) in [6.07, 6.45) is -79.3. The molecule has 9 aliphatic heterocycles. The Hall–Kier alpha value is -4.78. The van der Waals surface area contributed by atoms with Gasteiger partial charge in [0, 0.05) is 41.5 Å². The van der Waals surface area contributed by atoms with Crippen molar-refractivity contribution in [2.75, 3.05) is 59.5 Å². The third-order valence-electron chi connectivity index (χ3n) is 21.2.